The van der Waals surface area contributed by atoms with E-state index in [-0.39, 0.29) is 61.8 Å². The third-order valence-corrected chi connectivity index (χ3v) is 11.5. The van der Waals surface area contributed by atoms with Gasteiger partial charge in [0.15, 0.2) is 5.78 Å². The summed E-state index contributed by atoms with van der Waals surface area (Å²) in [6, 6.07) is -0.739. The number of hydrogen-bond donors (Lipinski definition) is 2. The highest BCUT2D eigenvalue weighted by Crippen LogP contribution is 2.05. The summed E-state index contributed by atoms with van der Waals surface area (Å²) in [5, 5.41) is 5.15. The minimum Gasteiger partial charge on any atom is -0.356 e. The molecule has 0 aromatic carbocycles. The number of carbonyl (C=O) groups is 14. The Morgan fingerprint density at radius 3 is 0.836 bits per heavy atom. The van der Waals surface area contributed by atoms with Gasteiger partial charge in [-0.15, -0.1) is 0 Å². The number of carbonyl (C=O) groups excluding carboxylic acids is 14. The van der Waals surface area contributed by atoms with Crippen LogP contribution in [0, 0.1) is 11.8 Å². The fourth-order valence-corrected chi connectivity index (χ4v) is 6.17. The standard InChI is InChI=1S/C47H80N12O14/c1-31(2)34(60)17-16-18-35(61)48-20-19-37(63)51(7)22-39(65)53(9)24-41(67)55(11)26-43(69)57(13)28-45(71)59(15)30-46(72)58(14)29-44(70)56(12)27-42(68)54(10)25-40(66)52(8)23-38(64)50(6)21-36(62)49-33(5)47(73)32(3)4/h31-33H,16-30H2,1-15H3,(H,48,61)(H,49,62). The van der Waals surface area contributed by atoms with E-state index in [1.807, 2.05) is 0 Å². The van der Waals surface area contributed by atoms with Gasteiger partial charge in [-0.25, -0.2) is 0 Å². The van der Waals surface area contributed by atoms with E-state index >= 15 is 0 Å². The SMILES string of the molecule is CC(C)C(=O)CCCC(=O)NCCC(=O)N(C)CC(=O)N(C)CC(=O)N(C)CC(=O)N(C)CC(=O)N(C)CC(=O)N(C)CC(=O)N(C)CC(=O)N(C)CC(=O)N(C)CC(=O)N(C)CC(=O)NC(C)C(=O)C(C)C. The second-order valence-electron chi connectivity index (χ2n) is 18.9. The van der Waals surface area contributed by atoms with Crippen LogP contribution < -0.4 is 10.6 Å². The lowest BCUT2D eigenvalue weighted by molar-refractivity contribution is -0.146. The molecule has 0 saturated carbocycles. The number of nitrogens with one attached hydrogen (secondary N) is 2. The number of Topliss-reactive ketones (excluding diaryl/α,β-unsaturated/α-hetero) is 2. The highest BCUT2D eigenvalue weighted by Gasteiger charge is 2.27. The predicted octanol–water partition coefficient (Wildman–Crippen LogP) is -3.80. The van der Waals surface area contributed by atoms with E-state index in [2.05, 4.69) is 10.6 Å². The highest BCUT2D eigenvalue weighted by molar-refractivity contribution is 5.95. The van der Waals surface area contributed by atoms with Gasteiger partial charge in [-0.3, -0.25) is 67.1 Å². The lowest BCUT2D eigenvalue weighted by Gasteiger charge is -2.27. The van der Waals surface area contributed by atoms with E-state index < -0.39 is 123 Å². The van der Waals surface area contributed by atoms with Gasteiger partial charge in [-0.1, -0.05) is 27.7 Å². The molecule has 0 spiro atoms. The molecule has 1 atom stereocenters. The summed E-state index contributed by atoms with van der Waals surface area (Å²) in [6.07, 6.45) is 0.764. The van der Waals surface area contributed by atoms with Crippen molar-refractivity contribution in [3.8, 4) is 0 Å². The molecule has 0 fully saturated rings. The van der Waals surface area contributed by atoms with Gasteiger partial charge < -0.3 is 59.6 Å². The zero-order chi connectivity index (χ0) is 56.6. The summed E-state index contributed by atoms with van der Waals surface area (Å²) in [5.41, 5.74) is 0. The van der Waals surface area contributed by atoms with E-state index in [4.69, 9.17) is 0 Å². The topological polar surface area (TPSA) is 295 Å². The summed E-state index contributed by atoms with van der Waals surface area (Å²) in [4.78, 5) is 187. The minimum absolute atomic E-state index is 0.0401. The molecule has 0 heterocycles. The van der Waals surface area contributed by atoms with Gasteiger partial charge in [0.05, 0.1) is 71.5 Å². The van der Waals surface area contributed by atoms with Crippen LogP contribution in [0.1, 0.15) is 60.3 Å². The molecule has 0 aromatic rings. The lowest BCUT2D eigenvalue weighted by atomic mass is 10.0. The molecule has 0 rings (SSSR count). The predicted molar refractivity (Wildman–Crippen MR) is 265 cm³/mol. The first-order valence-corrected chi connectivity index (χ1v) is 23.7. The van der Waals surface area contributed by atoms with Crippen molar-refractivity contribution in [2.75, 3.05) is 142 Å². The Kier molecular flexibility index (Phi) is 29.0. The molecule has 412 valence electrons. The van der Waals surface area contributed by atoms with Crippen LogP contribution in [0.4, 0.5) is 0 Å². The summed E-state index contributed by atoms with van der Waals surface area (Å²) in [7, 11) is 13.4. The molecule has 26 heteroatoms. The van der Waals surface area contributed by atoms with E-state index in [1.165, 1.54) is 70.5 Å². The molecule has 0 bridgehead atoms. The molecule has 0 aliphatic carbocycles. The molecule has 0 radical (unpaired) electrons. The molecule has 0 saturated heterocycles. The van der Waals surface area contributed by atoms with E-state index in [1.54, 1.807) is 34.6 Å². The maximum Gasteiger partial charge on any atom is 0.242 e. The first-order chi connectivity index (χ1) is 33.7. The monoisotopic (exact) mass is 1040 g/mol. The number of ketones is 2. The fraction of sp³-hybridized carbons (Fsp3) is 0.702. The van der Waals surface area contributed by atoms with Gasteiger partial charge in [0.1, 0.15) is 5.78 Å². The van der Waals surface area contributed by atoms with Gasteiger partial charge in [0, 0.05) is 108 Å². The van der Waals surface area contributed by atoms with Gasteiger partial charge in [-0.05, 0) is 13.3 Å². The van der Waals surface area contributed by atoms with Crippen molar-refractivity contribution in [1.29, 1.82) is 0 Å². The second-order valence-corrected chi connectivity index (χ2v) is 18.9. The van der Waals surface area contributed by atoms with Gasteiger partial charge in [-0.2, -0.15) is 0 Å². The molecule has 1 unspecified atom stereocenters. The first-order valence-electron chi connectivity index (χ1n) is 23.7. The zero-order valence-electron chi connectivity index (χ0n) is 45.5. The Morgan fingerprint density at radius 2 is 0.575 bits per heavy atom. The fourth-order valence-electron chi connectivity index (χ4n) is 6.17. The Balaban J connectivity index is 4.86. The van der Waals surface area contributed by atoms with Crippen molar-refractivity contribution < 1.29 is 67.1 Å². The van der Waals surface area contributed by atoms with Crippen molar-refractivity contribution in [3.05, 3.63) is 0 Å². The average molecular weight is 1040 g/mol. The molecule has 2 N–H and O–H groups in total. The minimum atomic E-state index is -0.739. The summed E-state index contributed by atoms with van der Waals surface area (Å²) < 4.78 is 0. The normalized spacial score (nSPS) is 11.1. The van der Waals surface area contributed by atoms with Crippen LogP contribution in [0.15, 0.2) is 0 Å². The highest BCUT2D eigenvalue weighted by atomic mass is 16.2. The summed E-state index contributed by atoms with van der Waals surface area (Å²) in [5.74, 6) is -7.33. The van der Waals surface area contributed by atoms with E-state index in [0.29, 0.717) is 12.8 Å². The van der Waals surface area contributed by atoms with Crippen LogP contribution in [-0.2, 0) is 67.1 Å². The van der Waals surface area contributed by atoms with Crippen molar-refractivity contribution >= 4 is 82.5 Å². The quantitative estimate of drug-likeness (QED) is 0.0674. The largest absolute Gasteiger partial charge is 0.356 e. The zero-order valence-corrected chi connectivity index (χ0v) is 45.5. The molecule has 0 aromatic heterocycles. The van der Waals surface area contributed by atoms with Crippen molar-refractivity contribution in [2.45, 2.75) is 66.3 Å². The van der Waals surface area contributed by atoms with Crippen molar-refractivity contribution in [2.24, 2.45) is 11.8 Å². The molecule has 26 nitrogen and oxygen atoms in total. The Bertz CT molecular complexity index is 2030. The molecular formula is C47H80N12O14. The molecule has 73 heavy (non-hydrogen) atoms. The Labute approximate surface area is 428 Å². The maximum absolute atomic E-state index is 13.0. The Hall–Kier alpha value is -7.02. The number of nitrogens with zero attached hydrogens (tertiary/aromatic N) is 10. The van der Waals surface area contributed by atoms with E-state index in [9.17, 15) is 67.1 Å². The van der Waals surface area contributed by atoms with Crippen LogP contribution in [-0.4, -0.2) is 280 Å². The number of likely N-dealkylation sites (N-methyl/N-ethyl adjacent to an activating group) is 10. The van der Waals surface area contributed by atoms with Gasteiger partial charge >= 0.3 is 0 Å². The summed E-state index contributed by atoms with van der Waals surface area (Å²) in [6.45, 7) is 4.23. The number of amides is 12. The third-order valence-electron chi connectivity index (χ3n) is 11.5. The van der Waals surface area contributed by atoms with Crippen molar-refractivity contribution in [1.82, 2.24) is 59.6 Å². The maximum atomic E-state index is 13.0. The van der Waals surface area contributed by atoms with Crippen LogP contribution in [0.5, 0.6) is 0 Å². The van der Waals surface area contributed by atoms with Gasteiger partial charge in [0.2, 0.25) is 70.9 Å². The summed E-state index contributed by atoms with van der Waals surface area (Å²) >= 11 is 0. The van der Waals surface area contributed by atoms with Crippen LogP contribution in [0.2, 0.25) is 0 Å². The Morgan fingerprint density at radius 1 is 0.315 bits per heavy atom. The number of rotatable bonds is 31. The molecule has 0 aliphatic heterocycles. The molecule has 12 amide bonds. The second kappa shape index (κ2) is 32.1. The van der Waals surface area contributed by atoms with Crippen molar-refractivity contribution in [3.63, 3.8) is 0 Å². The average Bonchev–Trinajstić information content (AvgIpc) is 3.30. The van der Waals surface area contributed by atoms with E-state index in [0.717, 1.165) is 49.0 Å². The van der Waals surface area contributed by atoms with Crippen LogP contribution in [0.25, 0.3) is 0 Å². The first kappa shape index (κ1) is 66.0. The smallest absolute Gasteiger partial charge is 0.242 e. The molecule has 0 aliphatic rings. The third kappa shape index (κ3) is 25.3. The number of hydrogen-bond acceptors (Lipinski definition) is 14. The lowest BCUT2D eigenvalue weighted by Crippen LogP contribution is -2.49. The van der Waals surface area contributed by atoms with Crippen LogP contribution in [0.3, 0.4) is 0 Å². The van der Waals surface area contributed by atoms with Gasteiger partial charge in [0.25, 0.3) is 0 Å². The van der Waals surface area contributed by atoms with Crippen LogP contribution >= 0.6 is 0 Å². The molecular weight excluding hydrogens is 957 g/mol.